The zero-order valence-electron chi connectivity index (χ0n) is 18.4. The normalized spacial score (nSPS) is 24.6. The van der Waals surface area contributed by atoms with E-state index < -0.39 is 11.6 Å². The largest absolute Gasteiger partial charge is 0.349 e. The quantitative estimate of drug-likeness (QED) is 0.638. The number of fused-ring (bicyclic) bond motifs is 3. The average molecular weight is 457 g/mol. The Kier molecular flexibility index (Phi) is 4.92. The number of piperidine rings is 1. The van der Waals surface area contributed by atoms with Crippen molar-refractivity contribution in [3.8, 4) is 0 Å². The van der Waals surface area contributed by atoms with E-state index in [2.05, 4.69) is 20.4 Å². The third-order valence-corrected chi connectivity index (χ3v) is 7.03. The molecule has 1 aliphatic carbocycles. The van der Waals surface area contributed by atoms with E-state index in [0.717, 1.165) is 51.4 Å². The lowest BCUT2D eigenvalue weighted by Gasteiger charge is -2.37. The molecule has 1 saturated carbocycles. The van der Waals surface area contributed by atoms with Crippen molar-refractivity contribution < 1.29 is 13.3 Å². The van der Waals surface area contributed by atoms with Crippen LogP contribution in [0, 0.1) is 30.4 Å². The highest BCUT2D eigenvalue weighted by Crippen LogP contribution is 2.40. The number of hydrogen-bond acceptors (Lipinski definition) is 8. The van der Waals surface area contributed by atoms with E-state index in [1.54, 1.807) is 6.07 Å². The topological polar surface area (TPSA) is 88.1 Å². The first-order valence-electron chi connectivity index (χ1n) is 11.5. The molecular formula is C22H26F2N8O. The molecule has 2 aromatic heterocycles. The van der Waals surface area contributed by atoms with Crippen LogP contribution in [-0.4, -0.2) is 50.6 Å². The van der Waals surface area contributed by atoms with Crippen LogP contribution < -0.4 is 15.1 Å². The predicted molar refractivity (Wildman–Crippen MR) is 117 cm³/mol. The molecular weight excluding hydrogens is 430 g/mol. The molecule has 0 amide bonds. The number of aryl methyl sites for hydroxylation is 2. The summed E-state index contributed by atoms with van der Waals surface area (Å²) >= 11 is 0. The molecule has 1 saturated heterocycles. The van der Waals surface area contributed by atoms with Crippen LogP contribution in [0.3, 0.4) is 0 Å². The molecule has 1 N–H and O–H groups in total. The number of rotatable bonds is 4. The van der Waals surface area contributed by atoms with Crippen LogP contribution in [0.15, 0.2) is 22.7 Å². The number of benzene rings is 1. The Morgan fingerprint density at radius 2 is 1.82 bits per heavy atom. The van der Waals surface area contributed by atoms with Crippen LogP contribution in [0.1, 0.15) is 31.5 Å². The molecule has 1 unspecified atom stereocenters. The van der Waals surface area contributed by atoms with Crippen LogP contribution in [0.4, 0.5) is 32.4 Å². The van der Waals surface area contributed by atoms with Gasteiger partial charge in [0.05, 0.1) is 0 Å². The van der Waals surface area contributed by atoms with Crippen molar-refractivity contribution >= 4 is 23.6 Å². The smallest absolute Gasteiger partial charge is 0.324 e. The molecule has 0 radical (unpaired) electrons. The van der Waals surface area contributed by atoms with Gasteiger partial charge in [-0.1, -0.05) is 5.16 Å². The van der Waals surface area contributed by atoms with Crippen LogP contribution >= 0.6 is 0 Å². The van der Waals surface area contributed by atoms with E-state index >= 15 is 0 Å². The second-order valence-electron chi connectivity index (χ2n) is 9.21. The Balaban J connectivity index is 1.22. The standard InChI is InChI=1S/C22H26F2N8O/c1-13-25-22(33-29-13)30-11-14-4-5-15(12-30)19(14)26-20-27-21-31(8-2-3-9-32(21)28-20)16-6-7-17(23)18(24)10-16/h6-7,10,14-15,19H,2-5,8-9,11-12H2,1H3,(H,26,28)/t14-,15+,19?. The maximum Gasteiger partial charge on any atom is 0.324 e. The van der Waals surface area contributed by atoms with E-state index in [1.165, 1.54) is 6.07 Å². The summed E-state index contributed by atoms with van der Waals surface area (Å²) in [6.45, 7) is 4.95. The molecule has 3 aromatic rings. The zero-order valence-corrected chi connectivity index (χ0v) is 18.4. The predicted octanol–water partition coefficient (Wildman–Crippen LogP) is 3.51. The van der Waals surface area contributed by atoms with Gasteiger partial charge < -0.3 is 19.6 Å². The molecule has 11 heteroatoms. The summed E-state index contributed by atoms with van der Waals surface area (Å²) in [4.78, 5) is 13.3. The summed E-state index contributed by atoms with van der Waals surface area (Å²) in [7, 11) is 0. The van der Waals surface area contributed by atoms with Crippen molar-refractivity contribution in [1.29, 1.82) is 0 Å². The lowest BCUT2D eigenvalue weighted by atomic mass is 9.92. The fourth-order valence-electron chi connectivity index (χ4n) is 5.45. The summed E-state index contributed by atoms with van der Waals surface area (Å²) in [5, 5.41) is 12.2. The fraction of sp³-hybridized carbons (Fsp3) is 0.545. The third-order valence-electron chi connectivity index (χ3n) is 7.03. The van der Waals surface area contributed by atoms with Crippen LogP contribution in [-0.2, 0) is 6.54 Å². The maximum atomic E-state index is 13.9. The first-order chi connectivity index (χ1) is 16.0. The van der Waals surface area contributed by atoms with Crippen molar-refractivity contribution in [2.75, 3.05) is 34.8 Å². The van der Waals surface area contributed by atoms with Crippen molar-refractivity contribution in [1.82, 2.24) is 24.9 Å². The molecule has 2 fully saturated rings. The number of halogens is 2. The second-order valence-corrected chi connectivity index (χ2v) is 9.21. The lowest BCUT2D eigenvalue weighted by Crippen LogP contribution is -2.48. The molecule has 174 valence electrons. The van der Waals surface area contributed by atoms with Gasteiger partial charge in [-0.3, -0.25) is 0 Å². The average Bonchev–Trinajstić information content (AvgIpc) is 3.42. The summed E-state index contributed by atoms with van der Waals surface area (Å²) in [6.07, 6.45) is 4.12. The van der Waals surface area contributed by atoms with E-state index in [4.69, 9.17) is 14.6 Å². The van der Waals surface area contributed by atoms with E-state index in [-0.39, 0.29) is 6.04 Å². The molecule has 33 heavy (non-hydrogen) atoms. The highest BCUT2D eigenvalue weighted by Gasteiger charge is 2.44. The molecule has 3 aliphatic rings. The molecule has 2 aliphatic heterocycles. The minimum absolute atomic E-state index is 0.272. The SMILES string of the molecule is Cc1noc(N2C[C@H]3CC[C@@H](C2)C3Nc2nc3n(n2)CCCCN3c2ccc(F)c(F)c2)n1. The Morgan fingerprint density at radius 1 is 1.03 bits per heavy atom. The minimum Gasteiger partial charge on any atom is -0.349 e. The summed E-state index contributed by atoms with van der Waals surface area (Å²) < 4.78 is 34.6. The molecule has 3 atom stereocenters. The van der Waals surface area contributed by atoms with Gasteiger partial charge in [0.2, 0.25) is 11.9 Å². The lowest BCUT2D eigenvalue weighted by molar-refractivity contribution is 0.340. The monoisotopic (exact) mass is 456 g/mol. The van der Waals surface area contributed by atoms with E-state index in [9.17, 15) is 8.78 Å². The summed E-state index contributed by atoms with van der Waals surface area (Å²) in [5.41, 5.74) is 0.583. The van der Waals surface area contributed by atoms with Gasteiger partial charge >= 0.3 is 6.01 Å². The number of nitrogens with one attached hydrogen (secondary N) is 1. The number of nitrogens with zero attached hydrogens (tertiary/aromatic N) is 7. The Hall–Kier alpha value is -3.24. The second kappa shape index (κ2) is 7.96. The first kappa shape index (κ1) is 20.4. The molecule has 4 heterocycles. The number of anilines is 4. The van der Waals surface area contributed by atoms with Crippen molar-refractivity contribution in [2.24, 2.45) is 11.8 Å². The molecule has 6 rings (SSSR count). The summed E-state index contributed by atoms with van der Waals surface area (Å²) in [6, 6.07) is 4.84. The first-order valence-corrected chi connectivity index (χ1v) is 11.5. The molecule has 9 nitrogen and oxygen atoms in total. The number of aromatic nitrogens is 5. The molecule has 0 spiro atoms. The van der Waals surface area contributed by atoms with Gasteiger partial charge in [-0.15, -0.1) is 5.10 Å². The third kappa shape index (κ3) is 3.68. The highest BCUT2D eigenvalue weighted by molar-refractivity contribution is 5.59. The van der Waals surface area contributed by atoms with Gasteiger partial charge in [0, 0.05) is 44.0 Å². The van der Waals surface area contributed by atoms with Gasteiger partial charge in [-0.05, 0) is 56.6 Å². The van der Waals surface area contributed by atoms with Crippen LogP contribution in [0.25, 0.3) is 0 Å². The van der Waals surface area contributed by atoms with Gasteiger partial charge in [-0.2, -0.15) is 9.97 Å². The minimum atomic E-state index is -0.860. The van der Waals surface area contributed by atoms with Gasteiger partial charge in [0.1, 0.15) is 0 Å². The van der Waals surface area contributed by atoms with Crippen LogP contribution in [0.5, 0.6) is 0 Å². The summed E-state index contributed by atoms with van der Waals surface area (Å²) in [5.74, 6) is 1.04. The Morgan fingerprint density at radius 3 is 2.55 bits per heavy atom. The van der Waals surface area contributed by atoms with Crippen molar-refractivity contribution in [3.63, 3.8) is 0 Å². The fourth-order valence-corrected chi connectivity index (χ4v) is 5.45. The maximum absolute atomic E-state index is 13.9. The Bertz CT molecular complexity index is 1150. The number of hydrogen-bond donors (Lipinski definition) is 1. The van der Waals surface area contributed by atoms with Gasteiger partial charge in [0.15, 0.2) is 17.5 Å². The molecule has 2 bridgehead atoms. The highest BCUT2D eigenvalue weighted by atomic mass is 19.2. The van der Waals surface area contributed by atoms with E-state index in [0.29, 0.717) is 47.8 Å². The zero-order chi connectivity index (χ0) is 22.5. The van der Waals surface area contributed by atoms with Gasteiger partial charge in [0.25, 0.3) is 0 Å². The van der Waals surface area contributed by atoms with Crippen LogP contribution in [0.2, 0.25) is 0 Å². The van der Waals surface area contributed by atoms with E-state index in [1.807, 2.05) is 16.5 Å². The molecule has 1 aromatic carbocycles. The van der Waals surface area contributed by atoms with Crippen molar-refractivity contribution in [3.05, 3.63) is 35.7 Å². The Labute approximate surface area is 189 Å². The van der Waals surface area contributed by atoms with Crippen molar-refractivity contribution in [2.45, 2.75) is 45.2 Å². The van der Waals surface area contributed by atoms with Gasteiger partial charge in [-0.25, -0.2) is 13.5 Å².